The number of aliphatic hydroxyl groups excluding tert-OH is 1. The van der Waals surface area contributed by atoms with Gasteiger partial charge in [0.15, 0.2) is 0 Å². The topological polar surface area (TPSA) is 20.2 Å². The van der Waals surface area contributed by atoms with Crippen LogP contribution in [0.5, 0.6) is 0 Å². The summed E-state index contributed by atoms with van der Waals surface area (Å²) in [5.74, 6) is 0. The molecule has 0 saturated heterocycles. The lowest BCUT2D eigenvalue weighted by Gasteiger charge is -2.10. The molecule has 1 aliphatic rings. The van der Waals surface area contributed by atoms with Gasteiger partial charge in [0.05, 0.1) is 6.61 Å². The van der Waals surface area contributed by atoms with Crippen molar-refractivity contribution in [3.05, 3.63) is 65.2 Å². The van der Waals surface area contributed by atoms with Crippen molar-refractivity contribution in [3.8, 4) is 0 Å². The van der Waals surface area contributed by atoms with E-state index in [4.69, 9.17) is 5.11 Å². The molecule has 0 radical (unpaired) electrons. The molecule has 0 heterocycles. The highest BCUT2D eigenvalue weighted by Gasteiger charge is 2.17. The summed E-state index contributed by atoms with van der Waals surface area (Å²) in [5.41, 5.74) is 6.60. The largest absolute Gasteiger partial charge is 0.392 e. The van der Waals surface area contributed by atoms with Crippen LogP contribution in [0, 0.1) is 0 Å². The minimum absolute atomic E-state index is 0.113. The van der Waals surface area contributed by atoms with E-state index in [0.717, 1.165) is 18.4 Å². The van der Waals surface area contributed by atoms with Gasteiger partial charge in [0.25, 0.3) is 0 Å². The van der Waals surface area contributed by atoms with E-state index in [0.29, 0.717) is 0 Å². The van der Waals surface area contributed by atoms with E-state index in [1.165, 1.54) is 33.6 Å². The summed E-state index contributed by atoms with van der Waals surface area (Å²) >= 11 is 1.79. The van der Waals surface area contributed by atoms with Crippen LogP contribution in [0.25, 0.3) is 11.1 Å². The highest BCUT2D eigenvalue weighted by molar-refractivity contribution is 7.98. The third-order valence-corrected chi connectivity index (χ3v) is 4.85. The Morgan fingerprint density at radius 1 is 0.952 bits per heavy atom. The Balaban J connectivity index is 2.01. The molecule has 3 rings (SSSR count). The van der Waals surface area contributed by atoms with Gasteiger partial charge in [-0.05, 0) is 65.5 Å². The molecule has 1 nitrogen and oxygen atoms in total. The summed E-state index contributed by atoms with van der Waals surface area (Å²) in [6, 6.07) is 17.2. The summed E-state index contributed by atoms with van der Waals surface area (Å²) in [4.78, 5) is 1.32. The summed E-state index contributed by atoms with van der Waals surface area (Å²) in [6.07, 6.45) is 5.67. The molecule has 2 aromatic rings. The first-order chi connectivity index (χ1) is 10.3. The van der Waals surface area contributed by atoms with Crippen LogP contribution in [0.1, 0.15) is 36.0 Å². The first-order valence-corrected chi connectivity index (χ1v) is 8.61. The summed E-state index contributed by atoms with van der Waals surface area (Å²) < 4.78 is 0. The molecule has 0 amide bonds. The van der Waals surface area contributed by atoms with Crippen molar-refractivity contribution in [2.24, 2.45) is 0 Å². The molecule has 2 heteroatoms. The Bertz CT molecular complexity index is 656. The van der Waals surface area contributed by atoms with Crippen LogP contribution < -0.4 is 0 Å². The fourth-order valence-corrected chi connectivity index (χ4v) is 3.46. The van der Waals surface area contributed by atoms with Gasteiger partial charge in [-0.15, -0.1) is 11.8 Å². The number of rotatable bonds is 4. The summed E-state index contributed by atoms with van der Waals surface area (Å²) in [7, 11) is 0. The molecule has 108 valence electrons. The van der Waals surface area contributed by atoms with Gasteiger partial charge in [-0.1, -0.05) is 36.4 Å². The quantitative estimate of drug-likeness (QED) is 0.802. The zero-order valence-corrected chi connectivity index (χ0v) is 13.1. The van der Waals surface area contributed by atoms with Gasteiger partial charge in [0, 0.05) is 4.90 Å². The predicted molar refractivity (Wildman–Crippen MR) is 91.3 cm³/mol. The van der Waals surface area contributed by atoms with Gasteiger partial charge >= 0.3 is 0 Å². The maximum absolute atomic E-state index is 9.17. The van der Waals surface area contributed by atoms with E-state index in [1.807, 2.05) is 12.1 Å². The van der Waals surface area contributed by atoms with Gasteiger partial charge in [-0.3, -0.25) is 0 Å². The maximum atomic E-state index is 9.17. The molecule has 0 spiro atoms. The molecule has 0 atom stereocenters. The number of benzene rings is 2. The zero-order valence-electron chi connectivity index (χ0n) is 12.3. The SMILES string of the molecule is CSc1cccc(C2=C(c3ccc(CO)cc3)CCC2)c1. The van der Waals surface area contributed by atoms with Gasteiger partial charge in [0.2, 0.25) is 0 Å². The molecule has 2 aromatic carbocycles. The maximum Gasteiger partial charge on any atom is 0.0681 e. The standard InChI is InChI=1S/C19H20OS/c1-21-17-5-2-4-16(12-17)19-7-3-6-18(19)15-10-8-14(13-20)9-11-15/h2,4-5,8-12,20H,3,6-7,13H2,1H3. The van der Waals surface area contributed by atoms with Crippen LogP contribution in [0.2, 0.25) is 0 Å². The van der Waals surface area contributed by atoms with E-state index in [2.05, 4.69) is 42.7 Å². The molecule has 0 aliphatic heterocycles. The van der Waals surface area contributed by atoms with Gasteiger partial charge in [-0.25, -0.2) is 0 Å². The van der Waals surface area contributed by atoms with Crippen LogP contribution in [0.3, 0.4) is 0 Å². The van der Waals surface area contributed by atoms with Crippen LogP contribution in [0.4, 0.5) is 0 Å². The van der Waals surface area contributed by atoms with Crippen molar-refractivity contribution in [1.82, 2.24) is 0 Å². The molecule has 21 heavy (non-hydrogen) atoms. The smallest absolute Gasteiger partial charge is 0.0681 e. The Labute approximate surface area is 130 Å². The minimum Gasteiger partial charge on any atom is -0.392 e. The van der Waals surface area contributed by atoms with Crippen molar-refractivity contribution < 1.29 is 5.11 Å². The van der Waals surface area contributed by atoms with Crippen LogP contribution in [-0.2, 0) is 6.61 Å². The van der Waals surface area contributed by atoms with Crippen molar-refractivity contribution in [2.75, 3.05) is 6.26 Å². The third-order valence-electron chi connectivity index (χ3n) is 4.12. The lowest BCUT2D eigenvalue weighted by atomic mass is 9.96. The number of allylic oxidation sites excluding steroid dienone is 2. The normalized spacial score (nSPS) is 14.8. The molecule has 0 bridgehead atoms. The third kappa shape index (κ3) is 3.07. The Morgan fingerprint density at radius 2 is 1.67 bits per heavy atom. The second kappa shape index (κ2) is 6.50. The highest BCUT2D eigenvalue weighted by Crippen LogP contribution is 2.40. The number of hydrogen-bond donors (Lipinski definition) is 1. The molecule has 0 saturated carbocycles. The average Bonchev–Trinajstić information content (AvgIpc) is 3.04. The number of aliphatic hydroxyl groups is 1. The molecule has 1 aliphatic carbocycles. The van der Waals surface area contributed by atoms with Crippen LogP contribution in [0.15, 0.2) is 53.4 Å². The molecule has 0 fully saturated rings. The second-order valence-corrected chi connectivity index (χ2v) is 6.28. The van der Waals surface area contributed by atoms with E-state index in [1.54, 1.807) is 11.8 Å². The molecule has 0 aromatic heterocycles. The first kappa shape index (κ1) is 14.4. The van der Waals surface area contributed by atoms with Gasteiger partial charge < -0.3 is 5.11 Å². The molecule has 1 N–H and O–H groups in total. The summed E-state index contributed by atoms with van der Waals surface area (Å²) in [6.45, 7) is 0.113. The first-order valence-electron chi connectivity index (χ1n) is 7.38. The summed E-state index contributed by atoms with van der Waals surface area (Å²) in [5, 5.41) is 9.17. The van der Waals surface area contributed by atoms with Crippen molar-refractivity contribution in [2.45, 2.75) is 30.8 Å². The fourth-order valence-electron chi connectivity index (χ4n) is 3.00. The minimum atomic E-state index is 0.113. The monoisotopic (exact) mass is 296 g/mol. The van der Waals surface area contributed by atoms with Crippen molar-refractivity contribution in [1.29, 1.82) is 0 Å². The zero-order chi connectivity index (χ0) is 14.7. The highest BCUT2D eigenvalue weighted by atomic mass is 32.2. The molecular weight excluding hydrogens is 276 g/mol. The number of hydrogen-bond acceptors (Lipinski definition) is 2. The average molecular weight is 296 g/mol. The van der Waals surface area contributed by atoms with Gasteiger partial charge in [-0.2, -0.15) is 0 Å². The van der Waals surface area contributed by atoms with Crippen LogP contribution >= 0.6 is 11.8 Å². The lowest BCUT2D eigenvalue weighted by Crippen LogP contribution is -1.88. The number of thioether (sulfide) groups is 1. The molecule has 0 unspecified atom stereocenters. The van der Waals surface area contributed by atoms with E-state index >= 15 is 0 Å². The van der Waals surface area contributed by atoms with E-state index < -0.39 is 0 Å². The predicted octanol–water partition coefficient (Wildman–Crippen LogP) is 5.00. The molecular formula is C19H20OS. The Hall–Kier alpha value is -1.51. The lowest BCUT2D eigenvalue weighted by molar-refractivity contribution is 0.282. The second-order valence-electron chi connectivity index (χ2n) is 5.40. The van der Waals surface area contributed by atoms with Crippen molar-refractivity contribution >= 4 is 22.9 Å². The van der Waals surface area contributed by atoms with E-state index in [9.17, 15) is 0 Å². The van der Waals surface area contributed by atoms with Crippen molar-refractivity contribution in [3.63, 3.8) is 0 Å². The fraction of sp³-hybridized carbons (Fsp3) is 0.263. The van der Waals surface area contributed by atoms with Gasteiger partial charge in [0.1, 0.15) is 0 Å². The Morgan fingerprint density at radius 3 is 2.33 bits per heavy atom. The Kier molecular flexibility index (Phi) is 4.47. The van der Waals surface area contributed by atoms with Crippen LogP contribution in [-0.4, -0.2) is 11.4 Å². The van der Waals surface area contributed by atoms with E-state index in [-0.39, 0.29) is 6.61 Å².